The third-order valence-electron chi connectivity index (χ3n) is 3.32. The summed E-state index contributed by atoms with van der Waals surface area (Å²) in [5, 5.41) is 0.900. The van der Waals surface area contributed by atoms with E-state index in [-0.39, 0.29) is 6.23 Å². The topological polar surface area (TPSA) is 69.8 Å². The molecule has 0 aliphatic carbocycles. The molecule has 0 amide bonds. The average Bonchev–Trinajstić information content (AvgIpc) is 2.92. The first kappa shape index (κ1) is 17.0. The maximum Gasteiger partial charge on any atom is 0.163 e. The third-order valence-corrected chi connectivity index (χ3v) is 4.36. The number of benzene rings is 1. The molecule has 0 bridgehead atoms. The van der Waals surface area contributed by atoms with Crippen LogP contribution in [0.4, 0.5) is 0 Å². The van der Waals surface area contributed by atoms with Gasteiger partial charge in [0, 0.05) is 18.7 Å². The van der Waals surface area contributed by atoms with Crippen LogP contribution in [0.2, 0.25) is 0 Å². The molecule has 22 heavy (non-hydrogen) atoms. The number of thiazole rings is 1. The quantitative estimate of drug-likeness (QED) is 0.592. The number of nitrogens with zero attached hydrogens (tertiary/aromatic N) is 2. The Balaban J connectivity index is 2.03. The molecule has 1 heterocycles. The second kappa shape index (κ2) is 7.73. The average molecular weight is 325 g/mol. The summed E-state index contributed by atoms with van der Waals surface area (Å²) in [5.74, 6) is 1.37. The van der Waals surface area contributed by atoms with Crippen molar-refractivity contribution in [3.63, 3.8) is 0 Å². The fourth-order valence-corrected chi connectivity index (χ4v) is 2.72. The van der Waals surface area contributed by atoms with E-state index in [9.17, 15) is 0 Å². The van der Waals surface area contributed by atoms with Gasteiger partial charge in [-0.2, -0.15) is 0 Å². The van der Waals surface area contributed by atoms with Crippen LogP contribution in [-0.4, -0.2) is 50.5 Å². The minimum absolute atomic E-state index is 0.0543. The summed E-state index contributed by atoms with van der Waals surface area (Å²) in [4.78, 5) is 6.46. The van der Waals surface area contributed by atoms with Gasteiger partial charge in [-0.25, -0.2) is 4.98 Å². The number of hydrogen-bond donors (Lipinski definition) is 1. The molecule has 1 aromatic heterocycles. The van der Waals surface area contributed by atoms with Gasteiger partial charge in [0.2, 0.25) is 0 Å². The molecular weight excluding hydrogens is 302 g/mol. The molecule has 6 nitrogen and oxygen atoms in total. The molecule has 0 saturated heterocycles. The largest absolute Gasteiger partial charge is 0.493 e. The SMILES string of the molecule is COc1cc2sc(CN)nc2cc1OCCOC(C)N(C)C. The summed E-state index contributed by atoms with van der Waals surface area (Å²) >= 11 is 1.57. The molecule has 0 fully saturated rings. The first-order valence-electron chi connectivity index (χ1n) is 7.13. The van der Waals surface area contributed by atoms with E-state index in [4.69, 9.17) is 19.9 Å². The molecule has 1 unspecified atom stereocenters. The predicted molar refractivity (Wildman–Crippen MR) is 88.7 cm³/mol. The van der Waals surface area contributed by atoms with Crippen LogP contribution in [0.25, 0.3) is 10.2 Å². The number of fused-ring (bicyclic) bond motifs is 1. The Hall–Kier alpha value is -1.41. The van der Waals surface area contributed by atoms with E-state index < -0.39 is 0 Å². The highest BCUT2D eigenvalue weighted by Crippen LogP contribution is 2.34. The fraction of sp³-hybridized carbons (Fsp3) is 0.533. The normalized spacial score (nSPS) is 12.8. The van der Waals surface area contributed by atoms with Crippen molar-refractivity contribution in [3.8, 4) is 11.5 Å². The Bertz CT molecular complexity index is 615. The van der Waals surface area contributed by atoms with E-state index in [1.165, 1.54) is 0 Å². The lowest BCUT2D eigenvalue weighted by Crippen LogP contribution is -2.29. The Labute approximate surface area is 134 Å². The van der Waals surface area contributed by atoms with Crippen molar-refractivity contribution in [1.29, 1.82) is 0 Å². The molecule has 0 radical (unpaired) electrons. The van der Waals surface area contributed by atoms with E-state index in [0.29, 0.717) is 31.3 Å². The standard InChI is InChI=1S/C15H23N3O3S/c1-10(18(2)3)20-5-6-21-13-7-11-14(8-12(13)19-4)22-15(9-16)17-11/h7-8,10H,5-6,9,16H2,1-4H3. The third kappa shape index (κ3) is 4.07. The number of hydrogen-bond acceptors (Lipinski definition) is 7. The van der Waals surface area contributed by atoms with Gasteiger partial charge in [-0.15, -0.1) is 11.3 Å². The fourth-order valence-electron chi connectivity index (χ4n) is 1.86. The molecule has 7 heteroatoms. The van der Waals surface area contributed by atoms with Gasteiger partial charge in [0.15, 0.2) is 11.5 Å². The van der Waals surface area contributed by atoms with Gasteiger partial charge < -0.3 is 19.9 Å². The highest BCUT2D eigenvalue weighted by Gasteiger charge is 2.11. The van der Waals surface area contributed by atoms with E-state index in [2.05, 4.69) is 4.98 Å². The van der Waals surface area contributed by atoms with Crippen LogP contribution in [0.5, 0.6) is 11.5 Å². The number of ether oxygens (including phenoxy) is 3. The van der Waals surface area contributed by atoms with E-state index in [1.54, 1.807) is 18.4 Å². The molecule has 2 N–H and O–H groups in total. The zero-order valence-corrected chi connectivity index (χ0v) is 14.3. The summed E-state index contributed by atoms with van der Waals surface area (Å²) in [7, 11) is 5.57. The Morgan fingerprint density at radius 1 is 1.27 bits per heavy atom. The zero-order chi connectivity index (χ0) is 16.1. The number of aromatic nitrogens is 1. The maximum atomic E-state index is 5.77. The Morgan fingerprint density at radius 2 is 2.05 bits per heavy atom. The summed E-state index contributed by atoms with van der Waals surface area (Å²) in [5.41, 5.74) is 6.52. The van der Waals surface area contributed by atoms with Gasteiger partial charge in [0.25, 0.3) is 0 Å². The highest BCUT2D eigenvalue weighted by atomic mass is 32.1. The van der Waals surface area contributed by atoms with Crippen LogP contribution in [0, 0.1) is 0 Å². The van der Waals surface area contributed by atoms with Crippen molar-refractivity contribution in [3.05, 3.63) is 17.1 Å². The highest BCUT2D eigenvalue weighted by molar-refractivity contribution is 7.18. The molecular formula is C15H23N3O3S. The maximum absolute atomic E-state index is 5.77. The van der Waals surface area contributed by atoms with Crippen LogP contribution < -0.4 is 15.2 Å². The zero-order valence-electron chi connectivity index (χ0n) is 13.5. The molecule has 2 aromatic rings. The monoisotopic (exact) mass is 325 g/mol. The van der Waals surface area contributed by atoms with E-state index in [1.807, 2.05) is 38.1 Å². The molecule has 0 saturated carbocycles. The summed E-state index contributed by atoms with van der Waals surface area (Å²) in [6.45, 7) is 3.39. The number of rotatable bonds is 8. The van der Waals surface area contributed by atoms with Crippen LogP contribution in [0.3, 0.4) is 0 Å². The van der Waals surface area contributed by atoms with Gasteiger partial charge in [0.05, 0.1) is 23.9 Å². The van der Waals surface area contributed by atoms with E-state index >= 15 is 0 Å². The molecule has 0 aliphatic heterocycles. The second-order valence-corrected chi connectivity index (χ2v) is 6.18. The summed E-state index contributed by atoms with van der Waals surface area (Å²) < 4.78 is 17.8. The minimum atomic E-state index is 0.0543. The van der Waals surface area contributed by atoms with Crippen molar-refractivity contribution in [2.24, 2.45) is 5.73 Å². The van der Waals surface area contributed by atoms with Gasteiger partial charge >= 0.3 is 0 Å². The summed E-state index contributed by atoms with van der Waals surface area (Å²) in [6, 6.07) is 3.82. The van der Waals surface area contributed by atoms with E-state index in [0.717, 1.165) is 15.2 Å². The summed E-state index contributed by atoms with van der Waals surface area (Å²) in [6.07, 6.45) is 0.0543. The van der Waals surface area contributed by atoms with Gasteiger partial charge in [-0.3, -0.25) is 4.90 Å². The first-order chi connectivity index (χ1) is 10.5. The second-order valence-electron chi connectivity index (χ2n) is 5.06. The molecule has 0 aliphatic rings. The van der Waals surface area contributed by atoms with Crippen LogP contribution in [-0.2, 0) is 11.3 Å². The minimum Gasteiger partial charge on any atom is -0.493 e. The van der Waals surface area contributed by atoms with Crippen molar-refractivity contribution in [2.75, 3.05) is 34.4 Å². The van der Waals surface area contributed by atoms with Crippen LogP contribution >= 0.6 is 11.3 Å². The number of nitrogens with two attached hydrogens (primary N) is 1. The van der Waals surface area contributed by atoms with Gasteiger partial charge in [0.1, 0.15) is 17.8 Å². The van der Waals surface area contributed by atoms with Crippen molar-refractivity contribution in [1.82, 2.24) is 9.88 Å². The lowest BCUT2D eigenvalue weighted by Gasteiger charge is -2.20. The molecule has 2 rings (SSSR count). The molecule has 1 aromatic carbocycles. The van der Waals surface area contributed by atoms with Gasteiger partial charge in [-0.05, 0) is 21.0 Å². The van der Waals surface area contributed by atoms with Gasteiger partial charge in [-0.1, -0.05) is 0 Å². The molecule has 122 valence electrons. The molecule has 0 spiro atoms. The van der Waals surface area contributed by atoms with Crippen molar-refractivity contribution < 1.29 is 14.2 Å². The van der Waals surface area contributed by atoms with Crippen molar-refractivity contribution in [2.45, 2.75) is 19.7 Å². The Kier molecular flexibility index (Phi) is 5.96. The van der Waals surface area contributed by atoms with Crippen LogP contribution in [0.15, 0.2) is 12.1 Å². The predicted octanol–water partition coefficient (Wildman–Crippen LogP) is 2.07. The van der Waals surface area contributed by atoms with Crippen LogP contribution in [0.1, 0.15) is 11.9 Å². The molecule has 1 atom stereocenters. The Morgan fingerprint density at radius 3 is 2.68 bits per heavy atom. The smallest absolute Gasteiger partial charge is 0.163 e. The lowest BCUT2D eigenvalue weighted by molar-refractivity contribution is -0.0330. The first-order valence-corrected chi connectivity index (χ1v) is 7.95. The number of methoxy groups -OCH3 is 1. The lowest BCUT2D eigenvalue weighted by atomic mass is 10.3. The van der Waals surface area contributed by atoms with Crippen molar-refractivity contribution >= 4 is 21.6 Å².